The Kier molecular flexibility index (Phi) is 8.13. The van der Waals surface area contributed by atoms with Crippen molar-refractivity contribution in [1.82, 2.24) is 13.6 Å². The Hall–Kier alpha value is -0.630. The second kappa shape index (κ2) is 9.33. The van der Waals surface area contributed by atoms with E-state index in [1.165, 1.54) is 36.6 Å². The van der Waals surface area contributed by atoms with E-state index < -0.39 is 0 Å². The molecule has 0 radical (unpaired) electrons. The minimum absolute atomic E-state index is 0. The smallest absolute Gasteiger partial charge is 0.253 e. The van der Waals surface area contributed by atoms with Crippen LogP contribution >= 0.6 is 11.7 Å². The van der Waals surface area contributed by atoms with Gasteiger partial charge in [0.05, 0.1) is 18.3 Å². The number of ether oxygens (including phenoxy) is 1. The van der Waals surface area contributed by atoms with E-state index in [9.17, 15) is 0 Å². The van der Waals surface area contributed by atoms with E-state index in [-0.39, 0.29) is 24.0 Å². The summed E-state index contributed by atoms with van der Waals surface area (Å²) in [7, 11) is 2.05. The average molecular weight is 406 g/mol. The fourth-order valence-electron chi connectivity index (χ4n) is 2.00. The lowest BCUT2D eigenvalue weighted by molar-refractivity contribution is -0.00000467. The van der Waals surface area contributed by atoms with Crippen LogP contribution in [0.1, 0.15) is 38.3 Å². The molecule has 0 atom stereocenters. The minimum atomic E-state index is 0. The first-order valence-corrected chi connectivity index (χ1v) is 7.57. The first-order chi connectivity index (χ1) is 9.31. The van der Waals surface area contributed by atoms with Gasteiger partial charge in [0.2, 0.25) is 0 Å². The fraction of sp³-hybridized carbons (Fsp3) is 0.571. The highest BCUT2D eigenvalue weighted by molar-refractivity contribution is 6.99. The molecule has 0 spiro atoms. The maximum absolute atomic E-state index is 5.77. The molecule has 0 N–H and O–H groups in total. The maximum atomic E-state index is 5.77. The normalized spacial score (nSPS) is 13.9. The summed E-state index contributed by atoms with van der Waals surface area (Å²) in [6.45, 7) is 3.80. The van der Waals surface area contributed by atoms with Gasteiger partial charge in [0.1, 0.15) is 5.69 Å². The van der Waals surface area contributed by atoms with E-state index in [1.54, 1.807) is 0 Å². The van der Waals surface area contributed by atoms with Crippen LogP contribution in [0, 0.1) is 0 Å². The Labute approximate surface area is 142 Å². The van der Waals surface area contributed by atoms with Crippen molar-refractivity contribution in [2.45, 2.75) is 32.6 Å². The summed E-state index contributed by atoms with van der Waals surface area (Å²) in [5.41, 5.74) is 2.07. The largest absolute Gasteiger partial charge is 1.00 e. The fourth-order valence-corrected chi connectivity index (χ4v) is 2.53. The highest BCUT2D eigenvalue weighted by Gasteiger charge is 2.16. The van der Waals surface area contributed by atoms with Crippen molar-refractivity contribution in [3.05, 3.63) is 24.0 Å². The summed E-state index contributed by atoms with van der Waals surface area (Å²) in [6, 6.07) is 0. The van der Waals surface area contributed by atoms with Crippen LogP contribution in [-0.4, -0.2) is 33.8 Å². The van der Waals surface area contributed by atoms with E-state index in [2.05, 4.69) is 39.9 Å². The van der Waals surface area contributed by atoms with Crippen LogP contribution in [0.15, 0.2) is 18.4 Å². The molecule has 1 aliphatic rings. The predicted molar refractivity (Wildman–Crippen MR) is 79.3 cm³/mol. The molecular formula is C14H21IN3OS-. The molecule has 2 rings (SSSR count). The Balaban J connectivity index is 0.00000200. The van der Waals surface area contributed by atoms with Gasteiger partial charge in [-0.1, -0.05) is 32.3 Å². The van der Waals surface area contributed by atoms with Gasteiger partial charge < -0.3 is 33.6 Å². The van der Waals surface area contributed by atoms with Gasteiger partial charge in [-0.25, -0.2) is 0 Å². The van der Waals surface area contributed by atoms with Gasteiger partial charge in [0.15, 0.2) is 0 Å². The van der Waals surface area contributed by atoms with Gasteiger partial charge in [0, 0.05) is 19.2 Å². The topological polar surface area (TPSA) is 38.3 Å². The van der Waals surface area contributed by atoms with E-state index in [0.29, 0.717) is 5.88 Å². The maximum Gasteiger partial charge on any atom is 0.253 e. The number of allylic oxidation sites excluding steroid dienone is 2. The third-order valence-electron chi connectivity index (χ3n) is 3.06. The van der Waals surface area contributed by atoms with E-state index in [4.69, 9.17) is 4.74 Å². The van der Waals surface area contributed by atoms with Crippen molar-refractivity contribution >= 4 is 17.3 Å². The summed E-state index contributed by atoms with van der Waals surface area (Å²) in [6.07, 6.45) is 11.0. The molecule has 0 saturated carbocycles. The molecule has 0 aromatic carbocycles. The number of likely N-dealkylation sites (N-methyl/N-ethyl adjacent to an activating group) is 1. The molecule has 20 heavy (non-hydrogen) atoms. The number of unbranched alkanes of at least 4 members (excludes halogenated alkanes) is 3. The number of hydrogen-bond donors (Lipinski definition) is 0. The third kappa shape index (κ3) is 5.05. The molecule has 0 fully saturated rings. The van der Waals surface area contributed by atoms with Crippen molar-refractivity contribution in [3.8, 4) is 5.88 Å². The van der Waals surface area contributed by atoms with Crippen molar-refractivity contribution in [1.29, 1.82) is 0 Å². The first-order valence-electron chi connectivity index (χ1n) is 6.84. The second-order valence-corrected chi connectivity index (χ2v) is 5.30. The molecule has 0 bridgehead atoms. The highest BCUT2D eigenvalue weighted by atomic mass is 127. The van der Waals surface area contributed by atoms with E-state index in [1.807, 2.05) is 6.08 Å². The van der Waals surface area contributed by atoms with Crippen molar-refractivity contribution in [3.63, 3.8) is 0 Å². The molecule has 4 nitrogen and oxygen atoms in total. The lowest BCUT2D eigenvalue weighted by Crippen LogP contribution is -3.00. The summed E-state index contributed by atoms with van der Waals surface area (Å²) >= 11 is 1.22. The molecule has 1 aromatic heterocycles. The zero-order valence-electron chi connectivity index (χ0n) is 12.0. The summed E-state index contributed by atoms with van der Waals surface area (Å²) < 4.78 is 14.4. The molecule has 2 heterocycles. The van der Waals surface area contributed by atoms with Crippen LogP contribution in [0.5, 0.6) is 5.88 Å². The quantitative estimate of drug-likeness (QED) is 0.484. The Bertz CT molecular complexity index is 459. The molecule has 1 aliphatic heterocycles. The standard InChI is InChI=1S/C14H21N3OS.HI/c1-3-4-5-6-10-18-14-13(15-19-16-14)12-8-7-9-17(2)11-12;/h7-9H,3-6,10-11H2,1-2H3;1H/p-1. The first kappa shape index (κ1) is 17.4. The predicted octanol–water partition coefficient (Wildman–Crippen LogP) is 0.344. The van der Waals surface area contributed by atoms with Crippen LogP contribution in [0.25, 0.3) is 5.57 Å². The van der Waals surface area contributed by atoms with Crippen LogP contribution < -0.4 is 28.7 Å². The summed E-state index contributed by atoms with van der Waals surface area (Å²) in [5.74, 6) is 0.691. The molecule has 0 saturated heterocycles. The van der Waals surface area contributed by atoms with Crippen molar-refractivity contribution < 1.29 is 28.7 Å². The van der Waals surface area contributed by atoms with Gasteiger partial charge in [0.25, 0.3) is 5.88 Å². The number of halogens is 1. The highest BCUT2D eigenvalue weighted by Crippen LogP contribution is 2.26. The monoisotopic (exact) mass is 406 g/mol. The molecule has 1 aromatic rings. The van der Waals surface area contributed by atoms with Crippen LogP contribution in [0.3, 0.4) is 0 Å². The van der Waals surface area contributed by atoms with E-state index in [0.717, 1.165) is 25.3 Å². The lowest BCUT2D eigenvalue weighted by Gasteiger charge is -2.18. The number of rotatable bonds is 7. The molecular weight excluding hydrogens is 385 g/mol. The average Bonchev–Trinajstić information content (AvgIpc) is 2.87. The zero-order valence-corrected chi connectivity index (χ0v) is 15.0. The lowest BCUT2D eigenvalue weighted by atomic mass is 10.1. The Morgan fingerprint density at radius 3 is 2.90 bits per heavy atom. The van der Waals surface area contributed by atoms with Gasteiger partial charge in [-0.2, -0.15) is 4.37 Å². The molecule has 112 valence electrons. The Morgan fingerprint density at radius 1 is 1.30 bits per heavy atom. The molecule has 6 heteroatoms. The zero-order chi connectivity index (χ0) is 13.5. The SMILES string of the molecule is CCCCCCOc1nsnc1C1=CC=CN(C)C1.[I-]. The van der Waals surface area contributed by atoms with Gasteiger partial charge >= 0.3 is 0 Å². The van der Waals surface area contributed by atoms with Gasteiger partial charge in [-0.15, -0.1) is 4.37 Å². The molecule has 0 amide bonds. The van der Waals surface area contributed by atoms with Crippen molar-refractivity contribution in [2.75, 3.05) is 20.2 Å². The van der Waals surface area contributed by atoms with Crippen LogP contribution in [0.2, 0.25) is 0 Å². The summed E-state index contributed by atoms with van der Waals surface area (Å²) in [5, 5.41) is 0. The number of nitrogens with zero attached hydrogens (tertiary/aromatic N) is 3. The van der Waals surface area contributed by atoms with Gasteiger partial charge in [-0.05, 0) is 18.7 Å². The molecule has 0 unspecified atom stereocenters. The van der Waals surface area contributed by atoms with Crippen LogP contribution in [-0.2, 0) is 0 Å². The molecule has 0 aliphatic carbocycles. The van der Waals surface area contributed by atoms with Crippen molar-refractivity contribution in [2.24, 2.45) is 0 Å². The summed E-state index contributed by atoms with van der Waals surface area (Å²) in [4.78, 5) is 2.12. The van der Waals surface area contributed by atoms with E-state index >= 15 is 0 Å². The Morgan fingerprint density at radius 2 is 2.15 bits per heavy atom. The number of aromatic nitrogens is 2. The minimum Gasteiger partial charge on any atom is -1.00 e. The van der Waals surface area contributed by atoms with Crippen LogP contribution in [0.4, 0.5) is 0 Å². The number of hydrogen-bond acceptors (Lipinski definition) is 5. The van der Waals surface area contributed by atoms with Gasteiger partial charge in [-0.3, -0.25) is 0 Å². The third-order valence-corrected chi connectivity index (χ3v) is 3.57. The second-order valence-electron chi connectivity index (χ2n) is 4.78.